The van der Waals surface area contributed by atoms with E-state index in [0.29, 0.717) is 0 Å². The third kappa shape index (κ3) is 5.99. The monoisotopic (exact) mass is 441 g/mol. The summed E-state index contributed by atoms with van der Waals surface area (Å²) in [5.41, 5.74) is 2.55. The van der Waals surface area contributed by atoms with Crippen LogP contribution in [0.4, 0.5) is 0 Å². The predicted molar refractivity (Wildman–Crippen MR) is 83.9 cm³/mol. The molecule has 0 nitrogen and oxygen atoms in total. The van der Waals surface area contributed by atoms with E-state index in [-0.39, 0.29) is 21.1 Å². The Kier molecular flexibility index (Phi) is 8.34. The van der Waals surface area contributed by atoms with Gasteiger partial charge in [-0.25, -0.2) is 0 Å². The van der Waals surface area contributed by atoms with Gasteiger partial charge in [0.05, 0.1) is 0 Å². The van der Waals surface area contributed by atoms with Gasteiger partial charge in [-0.15, -0.1) is 0 Å². The van der Waals surface area contributed by atoms with E-state index >= 15 is 0 Å². The van der Waals surface area contributed by atoms with E-state index in [1.807, 2.05) is 24.3 Å². The van der Waals surface area contributed by atoms with E-state index in [1.165, 1.54) is 11.1 Å². The van der Waals surface area contributed by atoms with Crippen molar-refractivity contribution in [2.75, 3.05) is 0 Å². The van der Waals surface area contributed by atoms with E-state index in [9.17, 15) is 0 Å². The van der Waals surface area contributed by atoms with Crippen molar-refractivity contribution in [1.29, 1.82) is 0 Å². The molecule has 0 radical (unpaired) electrons. The molecule has 0 saturated heterocycles. The first-order valence-electron chi connectivity index (χ1n) is 6.55. The summed E-state index contributed by atoms with van der Waals surface area (Å²) in [6.07, 6.45) is 13.5. The van der Waals surface area contributed by atoms with Crippen molar-refractivity contribution in [3.63, 3.8) is 0 Å². The molecule has 0 bridgehead atoms. The second kappa shape index (κ2) is 10.2. The number of hydrogen-bond donors (Lipinski definition) is 0. The van der Waals surface area contributed by atoms with Crippen LogP contribution in [0.3, 0.4) is 0 Å². The summed E-state index contributed by atoms with van der Waals surface area (Å²) in [4.78, 5) is 0. The molecule has 2 aromatic carbocycles. The predicted octanol–water partition coefficient (Wildman–Crippen LogP) is 5.41. The van der Waals surface area contributed by atoms with E-state index < -0.39 is 0 Å². The first-order valence-corrected chi connectivity index (χ1v) is 6.55. The quantitative estimate of drug-likeness (QED) is 0.555. The Morgan fingerprint density at radius 2 is 0.900 bits per heavy atom. The number of allylic oxidation sites excluding steroid dienone is 6. The Hall–Kier alpha value is -1.65. The summed E-state index contributed by atoms with van der Waals surface area (Å²) in [6.45, 7) is 0. The molecule has 1 aliphatic carbocycles. The molecule has 0 spiro atoms. The van der Waals surface area contributed by atoms with Gasteiger partial charge in [-0.1, -0.05) is 97.1 Å². The van der Waals surface area contributed by atoms with Gasteiger partial charge in [-0.2, -0.15) is 0 Å². The summed E-state index contributed by atoms with van der Waals surface area (Å²) >= 11 is 0. The van der Waals surface area contributed by atoms with Gasteiger partial charge in [0.25, 0.3) is 0 Å². The van der Waals surface area contributed by atoms with Crippen LogP contribution in [0.25, 0.3) is 11.1 Å². The van der Waals surface area contributed by atoms with Crippen molar-refractivity contribution in [3.8, 4) is 11.1 Å². The number of benzene rings is 2. The smallest absolute Gasteiger partial charge is 0 e. The molecule has 0 aromatic heterocycles. The minimum Gasteiger partial charge on any atom is -0.0807 e. The molecule has 0 saturated carbocycles. The maximum Gasteiger partial charge on any atom is 0 e. The molecule has 1 aliphatic rings. The molecule has 0 amide bonds. The van der Waals surface area contributed by atoms with Gasteiger partial charge in [0.2, 0.25) is 0 Å². The topological polar surface area (TPSA) is 0 Å². The number of hydrogen-bond acceptors (Lipinski definition) is 0. The zero-order chi connectivity index (χ0) is 13.2. The van der Waals surface area contributed by atoms with Gasteiger partial charge >= 0.3 is 0 Å². The largest absolute Gasteiger partial charge is 0.0807 e. The Labute approximate surface area is 135 Å². The summed E-state index contributed by atoms with van der Waals surface area (Å²) in [5, 5.41) is 0. The van der Waals surface area contributed by atoms with Gasteiger partial charge in [0.15, 0.2) is 0 Å². The van der Waals surface area contributed by atoms with E-state index in [2.05, 4.69) is 72.8 Å². The third-order valence-electron chi connectivity index (χ3n) is 2.76. The van der Waals surface area contributed by atoms with Crippen LogP contribution in [0.2, 0.25) is 0 Å². The zero-order valence-electron chi connectivity index (χ0n) is 11.3. The summed E-state index contributed by atoms with van der Waals surface area (Å²) in [5.74, 6) is 0. The van der Waals surface area contributed by atoms with E-state index in [1.54, 1.807) is 0 Å². The molecule has 0 fully saturated rings. The molecule has 0 atom stereocenters. The molecule has 104 valence electrons. The van der Waals surface area contributed by atoms with Crippen LogP contribution in [0.15, 0.2) is 97.1 Å². The standard InChI is InChI=1S/C12H10.C7H8.Pt/c1-3-7-11(8-4-1)12-9-5-2-6-10-12;1-2-4-6-7-5-3-1;/h1-10H;1-6H,7H2;. The Bertz CT molecular complexity index is 499. The minimum atomic E-state index is 0. The molecule has 0 unspecified atom stereocenters. The summed E-state index contributed by atoms with van der Waals surface area (Å²) < 4.78 is 0. The molecule has 20 heavy (non-hydrogen) atoms. The SMILES string of the molecule is C1=CC=CCC=C1.[Pt].c1ccc(-c2ccccc2)cc1. The van der Waals surface area contributed by atoms with Crippen molar-refractivity contribution in [2.45, 2.75) is 6.42 Å². The van der Waals surface area contributed by atoms with Crippen molar-refractivity contribution >= 4 is 0 Å². The zero-order valence-corrected chi connectivity index (χ0v) is 13.5. The molecule has 0 aliphatic heterocycles. The van der Waals surface area contributed by atoms with Crippen molar-refractivity contribution in [3.05, 3.63) is 97.1 Å². The maximum absolute atomic E-state index is 2.12. The molecular formula is C19H18Pt. The van der Waals surface area contributed by atoms with Crippen molar-refractivity contribution in [2.24, 2.45) is 0 Å². The number of rotatable bonds is 1. The fourth-order valence-electron chi connectivity index (χ4n) is 1.78. The van der Waals surface area contributed by atoms with Crippen LogP contribution >= 0.6 is 0 Å². The van der Waals surface area contributed by atoms with Gasteiger partial charge < -0.3 is 0 Å². The normalized spacial score (nSPS) is 11.8. The van der Waals surface area contributed by atoms with Crippen LogP contribution < -0.4 is 0 Å². The van der Waals surface area contributed by atoms with Crippen LogP contribution in [0, 0.1) is 0 Å². The molecule has 0 heterocycles. The van der Waals surface area contributed by atoms with Gasteiger partial charge in [0, 0.05) is 21.1 Å². The average molecular weight is 441 g/mol. The Morgan fingerprint density at radius 3 is 1.30 bits per heavy atom. The Balaban J connectivity index is 0.000000216. The fourth-order valence-corrected chi connectivity index (χ4v) is 1.78. The average Bonchev–Trinajstić information content (AvgIpc) is 2.82. The third-order valence-corrected chi connectivity index (χ3v) is 2.76. The van der Waals surface area contributed by atoms with Crippen molar-refractivity contribution in [1.82, 2.24) is 0 Å². The van der Waals surface area contributed by atoms with Gasteiger partial charge in [-0.3, -0.25) is 0 Å². The first kappa shape index (κ1) is 16.4. The molecular weight excluding hydrogens is 423 g/mol. The second-order valence-electron chi connectivity index (χ2n) is 4.21. The van der Waals surface area contributed by atoms with Crippen LogP contribution in [-0.4, -0.2) is 0 Å². The molecule has 1 heteroatoms. The van der Waals surface area contributed by atoms with Crippen LogP contribution in [-0.2, 0) is 21.1 Å². The van der Waals surface area contributed by atoms with Crippen molar-refractivity contribution < 1.29 is 21.1 Å². The minimum absolute atomic E-state index is 0. The fraction of sp³-hybridized carbons (Fsp3) is 0.0526. The maximum atomic E-state index is 2.12. The van der Waals surface area contributed by atoms with E-state index in [0.717, 1.165) is 6.42 Å². The van der Waals surface area contributed by atoms with Crippen LogP contribution in [0.5, 0.6) is 0 Å². The molecule has 3 rings (SSSR count). The second-order valence-corrected chi connectivity index (χ2v) is 4.21. The Morgan fingerprint density at radius 1 is 0.500 bits per heavy atom. The molecule has 0 N–H and O–H groups in total. The van der Waals surface area contributed by atoms with E-state index in [4.69, 9.17) is 0 Å². The van der Waals surface area contributed by atoms with Gasteiger partial charge in [0.1, 0.15) is 0 Å². The molecule has 2 aromatic rings. The summed E-state index contributed by atoms with van der Waals surface area (Å²) in [7, 11) is 0. The van der Waals surface area contributed by atoms with Gasteiger partial charge in [-0.05, 0) is 17.5 Å². The van der Waals surface area contributed by atoms with Crippen LogP contribution in [0.1, 0.15) is 6.42 Å². The first-order chi connectivity index (χ1) is 9.47. The summed E-state index contributed by atoms with van der Waals surface area (Å²) in [6, 6.07) is 20.8.